The van der Waals surface area contributed by atoms with Crippen LogP contribution >= 0.6 is 23.2 Å². The standard InChI is InChI=1S/C18H20Cl2O/c1-18(2,3)15-9-7-13(8-10-15)12-21-17-14(11-19)5-4-6-16(17)20/h4-10H,11-12H2,1-3H3. The van der Waals surface area contributed by atoms with Crippen LogP contribution in [0.5, 0.6) is 5.75 Å². The molecule has 2 rings (SSSR count). The maximum Gasteiger partial charge on any atom is 0.142 e. The highest BCUT2D eigenvalue weighted by molar-refractivity contribution is 6.32. The van der Waals surface area contributed by atoms with Gasteiger partial charge in [0.25, 0.3) is 0 Å². The minimum atomic E-state index is 0.161. The minimum absolute atomic E-state index is 0.161. The zero-order valence-electron chi connectivity index (χ0n) is 12.6. The van der Waals surface area contributed by atoms with Crippen molar-refractivity contribution in [2.24, 2.45) is 0 Å². The third-order valence-corrected chi connectivity index (χ3v) is 3.98. The second kappa shape index (κ2) is 6.72. The smallest absolute Gasteiger partial charge is 0.142 e. The summed E-state index contributed by atoms with van der Waals surface area (Å²) < 4.78 is 5.85. The summed E-state index contributed by atoms with van der Waals surface area (Å²) in [5.74, 6) is 1.06. The van der Waals surface area contributed by atoms with E-state index in [0.717, 1.165) is 11.1 Å². The quantitative estimate of drug-likeness (QED) is 0.631. The van der Waals surface area contributed by atoms with Gasteiger partial charge in [0, 0.05) is 5.56 Å². The Morgan fingerprint density at radius 3 is 2.24 bits per heavy atom. The molecule has 0 radical (unpaired) electrons. The number of para-hydroxylation sites is 1. The zero-order chi connectivity index (χ0) is 15.5. The van der Waals surface area contributed by atoms with Crippen LogP contribution in [0.25, 0.3) is 0 Å². The molecule has 3 heteroatoms. The zero-order valence-corrected chi connectivity index (χ0v) is 14.1. The first-order valence-corrected chi connectivity index (χ1v) is 7.88. The molecule has 0 heterocycles. The molecule has 2 aromatic carbocycles. The van der Waals surface area contributed by atoms with Crippen LogP contribution < -0.4 is 4.74 Å². The Bertz CT molecular complexity index is 598. The molecule has 2 aromatic rings. The molecule has 0 unspecified atom stereocenters. The Hall–Kier alpha value is -1.18. The normalized spacial score (nSPS) is 11.5. The molecule has 112 valence electrons. The van der Waals surface area contributed by atoms with E-state index in [1.807, 2.05) is 18.2 Å². The predicted octanol–water partition coefficient (Wildman–Crippen LogP) is 5.96. The van der Waals surface area contributed by atoms with Gasteiger partial charge < -0.3 is 4.74 Å². The van der Waals surface area contributed by atoms with Crippen LogP contribution in [0, 0.1) is 0 Å². The van der Waals surface area contributed by atoms with Crippen molar-refractivity contribution in [3.8, 4) is 5.75 Å². The number of hydrogen-bond acceptors (Lipinski definition) is 1. The van der Waals surface area contributed by atoms with Crippen LogP contribution in [0.4, 0.5) is 0 Å². The number of halogens is 2. The number of benzene rings is 2. The van der Waals surface area contributed by atoms with Crippen molar-refractivity contribution in [2.45, 2.75) is 38.7 Å². The van der Waals surface area contributed by atoms with Crippen LogP contribution in [0.3, 0.4) is 0 Å². The van der Waals surface area contributed by atoms with E-state index in [1.54, 1.807) is 0 Å². The van der Waals surface area contributed by atoms with Gasteiger partial charge in [-0.15, -0.1) is 11.6 Å². The lowest BCUT2D eigenvalue weighted by Gasteiger charge is -2.19. The number of hydrogen-bond donors (Lipinski definition) is 0. The summed E-state index contributed by atoms with van der Waals surface area (Å²) in [6.07, 6.45) is 0. The van der Waals surface area contributed by atoms with Crippen LogP contribution in [-0.2, 0) is 17.9 Å². The fourth-order valence-corrected chi connectivity index (χ4v) is 2.54. The predicted molar refractivity (Wildman–Crippen MR) is 90.5 cm³/mol. The topological polar surface area (TPSA) is 9.23 Å². The first-order chi connectivity index (χ1) is 9.91. The Labute approximate surface area is 136 Å². The van der Waals surface area contributed by atoms with E-state index in [2.05, 4.69) is 45.0 Å². The third-order valence-electron chi connectivity index (χ3n) is 3.40. The lowest BCUT2D eigenvalue weighted by molar-refractivity contribution is 0.304. The molecule has 0 spiro atoms. The minimum Gasteiger partial charge on any atom is -0.487 e. The van der Waals surface area contributed by atoms with Crippen molar-refractivity contribution in [1.82, 2.24) is 0 Å². The molecule has 0 aliphatic rings. The molecule has 0 aliphatic carbocycles. The van der Waals surface area contributed by atoms with Crippen LogP contribution in [0.1, 0.15) is 37.5 Å². The molecule has 0 fully saturated rings. The van der Waals surface area contributed by atoms with Gasteiger partial charge >= 0.3 is 0 Å². The monoisotopic (exact) mass is 322 g/mol. The van der Waals surface area contributed by atoms with Crippen molar-refractivity contribution in [2.75, 3.05) is 0 Å². The van der Waals surface area contributed by atoms with Gasteiger partial charge in [-0.3, -0.25) is 0 Å². The molecule has 0 N–H and O–H groups in total. The lowest BCUT2D eigenvalue weighted by Crippen LogP contribution is -2.10. The van der Waals surface area contributed by atoms with Gasteiger partial charge in [-0.2, -0.15) is 0 Å². The Kier molecular flexibility index (Phi) is 5.18. The van der Waals surface area contributed by atoms with E-state index in [1.165, 1.54) is 5.56 Å². The first kappa shape index (κ1) is 16.2. The average Bonchev–Trinajstić information content (AvgIpc) is 2.45. The van der Waals surface area contributed by atoms with Crippen molar-refractivity contribution in [3.05, 3.63) is 64.2 Å². The van der Waals surface area contributed by atoms with E-state index >= 15 is 0 Å². The summed E-state index contributed by atoms with van der Waals surface area (Å²) in [6.45, 7) is 7.09. The fraction of sp³-hybridized carbons (Fsp3) is 0.333. The van der Waals surface area contributed by atoms with E-state index in [9.17, 15) is 0 Å². The van der Waals surface area contributed by atoms with Crippen molar-refractivity contribution < 1.29 is 4.74 Å². The van der Waals surface area contributed by atoms with Gasteiger partial charge in [-0.05, 0) is 22.6 Å². The Morgan fingerprint density at radius 2 is 1.67 bits per heavy atom. The second-order valence-corrected chi connectivity index (χ2v) is 6.77. The molecule has 0 bridgehead atoms. The fourth-order valence-electron chi connectivity index (χ4n) is 2.08. The molecule has 21 heavy (non-hydrogen) atoms. The SMILES string of the molecule is CC(C)(C)c1ccc(COc2c(Cl)cccc2CCl)cc1. The van der Waals surface area contributed by atoms with E-state index < -0.39 is 0 Å². The second-order valence-electron chi connectivity index (χ2n) is 6.10. The highest BCUT2D eigenvalue weighted by Crippen LogP contribution is 2.30. The maximum atomic E-state index is 6.18. The highest BCUT2D eigenvalue weighted by atomic mass is 35.5. The van der Waals surface area contributed by atoms with Crippen LogP contribution in [0.15, 0.2) is 42.5 Å². The Morgan fingerprint density at radius 1 is 1.00 bits per heavy atom. The van der Waals surface area contributed by atoms with Crippen LogP contribution in [-0.4, -0.2) is 0 Å². The molecular weight excluding hydrogens is 303 g/mol. The van der Waals surface area contributed by atoms with Gasteiger partial charge in [0.15, 0.2) is 0 Å². The number of ether oxygens (including phenoxy) is 1. The summed E-state index contributed by atoms with van der Waals surface area (Å²) in [4.78, 5) is 0. The summed E-state index contributed by atoms with van der Waals surface area (Å²) >= 11 is 12.1. The van der Waals surface area contributed by atoms with Crippen molar-refractivity contribution in [1.29, 1.82) is 0 Å². The average molecular weight is 323 g/mol. The van der Waals surface area contributed by atoms with Gasteiger partial charge in [0.2, 0.25) is 0 Å². The summed E-state index contributed by atoms with van der Waals surface area (Å²) in [5, 5.41) is 0.597. The molecule has 0 aliphatic heterocycles. The molecule has 0 saturated carbocycles. The molecule has 0 aromatic heterocycles. The maximum absolute atomic E-state index is 6.18. The summed E-state index contributed by atoms with van der Waals surface area (Å²) in [7, 11) is 0. The van der Waals surface area contributed by atoms with Gasteiger partial charge in [-0.1, -0.05) is 68.8 Å². The van der Waals surface area contributed by atoms with E-state index in [0.29, 0.717) is 23.3 Å². The van der Waals surface area contributed by atoms with Gasteiger partial charge in [0.05, 0.1) is 10.9 Å². The van der Waals surface area contributed by atoms with Crippen LogP contribution in [0.2, 0.25) is 5.02 Å². The summed E-state index contributed by atoms with van der Waals surface area (Å²) in [6, 6.07) is 14.1. The van der Waals surface area contributed by atoms with E-state index in [-0.39, 0.29) is 5.41 Å². The van der Waals surface area contributed by atoms with Crippen molar-refractivity contribution in [3.63, 3.8) is 0 Å². The molecule has 1 nitrogen and oxygen atoms in total. The number of alkyl halides is 1. The summed E-state index contributed by atoms with van der Waals surface area (Å²) in [5.41, 5.74) is 3.50. The first-order valence-electron chi connectivity index (χ1n) is 6.97. The Balaban J connectivity index is 2.10. The largest absolute Gasteiger partial charge is 0.487 e. The third kappa shape index (κ3) is 4.15. The van der Waals surface area contributed by atoms with Gasteiger partial charge in [0.1, 0.15) is 12.4 Å². The molecule has 0 atom stereocenters. The highest BCUT2D eigenvalue weighted by Gasteiger charge is 2.13. The lowest BCUT2D eigenvalue weighted by atomic mass is 9.87. The van der Waals surface area contributed by atoms with Crippen molar-refractivity contribution >= 4 is 23.2 Å². The molecule has 0 amide bonds. The molecular formula is C18H20Cl2O. The number of rotatable bonds is 4. The van der Waals surface area contributed by atoms with E-state index in [4.69, 9.17) is 27.9 Å². The molecule has 0 saturated heterocycles. The van der Waals surface area contributed by atoms with Gasteiger partial charge in [-0.25, -0.2) is 0 Å².